The van der Waals surface area contributed by atoms with Gasteiger partial charge in [0.05, 0.1) is 0 Å². The number of hydrogen-bond acceptors (Lipinski definition) is 1. The van der Waals surface area contributed by atoms with Gasteiger partial charge in [-0.05, 0) is 37.5 Å². The number of carboxylic acid groups (broad SMARTS) is 1. The lowest BCUT2D eigenvalue weighted by atomic mass is 9.91. The van der Waals surface area contributed by atoms with Crippen molar-refractivity contribution in [2.45, 2.75) is 92.4 Å². The summed E-state index contributed by atoms with van der Waals surface area (Å²) in [5.74, 6) is 1.65. The van der Waals surface area contributed by atoms with Gasteiger partial charge in [-0.15, -0.1) is 0 Å². The van der Waals surface area contributed by atoms with Crippen LogP contribution in [0.1, 0.15) is 92.4 Å². The number of carbonyl (C=O) groups is 1. The van der Waals surface area contributed by atoms with E-state index in [4.69, 9.17) is 5.11 Å². The molecule has 0 heterocycles. The summed E-state index contributed by atoms with van der Waals surface area (Å²) in [4.78, 5) is 10.5. The molecule has 0 aliphatic rings. The minimum Gasteiger partial charge on any atom is -0.478 e. The predicted molar refractivity (Wildman–Crippen MR) is 106 cm³/mol. The number of rotatable bonds is 13. The Balaban J connectivity index is 0. The second-order valence-corrected chi connectivity index (χ2v) is 7.69. The van der Waals surface area contributed by atoms with Crippen LogP contribution in [0.2, 0.25) is 0 Å². The van der Waals surface area contributed by atoms with Crippen LogP contribution in [0.4, 0.5) is 0 Å². The van der Waals surface area contributed by atoms with E-state index in [0.29, 0.717) is 0 Å². The first-order valence-electron chi connectivity index (χ1n) is 9.21. The second-order valence-electron chi connectivity index (χ2n) is 7.69. The van der Waals surface area contributed by atoms with Gasteiger partial charge in [0, 0.05) is 6.08 Å². The van der Waals surface area contributed by atoms with Gasteiger partial charge in [0.2, 0.25) is 0 Å². The van der Waals surface area contributed by atoms with Gasteiger partial charge in [0.1, 0.15) is 0 Å². The van der Waals surface area contributed by atoms with E-state index in [2.05, 4.69) is 27.7 Å². The number of allylic oxidation sites excluding steroid dienone is 1. The maximum Gasteiger partial charge on any atom is 0.328 e. The summed E-state index contributed by atoms with van der Waals surface area (Å²) in [7, 11) is 0. The van der Waals surface area contributed by atoms with Gasteiger partial charge in [-0.1, -0.05) is 78.2 Å². The molecule has 0 rings (SSSR count). The molecule has 0 amide bonds. The van der Waals surface area contributed by atoms with Crippen LogP contribution >= 0.6 is 0 Å². The van der Waals surface area contributed by atoms with Crippen molar-refractivity contribution in [3.05, 3.63) is 11.6 Å². The van der Waals surface area contributed by atoms with E-state index in [-0.39, 0.29) is 17.4 Å². The largest absolute Gasteiger partial charge is 0.478 e. The molecule has 0 aromatic carbocycles. The quantitative estimate of drug-likeness (QED) is 0.366. The molecule has 23 heavy (non-hydrogen) atoms. The highest BCUT2D eigenvalue weighted by molar-refractivity contribution is 5.80. The molecule has 3 heteroatoms. The molecule has 0 aliphatic carbocycles. The molecule has 0 fully saturated rings. The number of hydrogen-bond donors (Lipinski definition) is 1. The maximum absolute atomic E-state index is 10.5. The minimum atomic E-state index is -0.822. The van der Waals surface area contributed by atoms with Crippen LogP contribution in [0, 0.1) is 17.8 Å². The summed E-state index contributed by atoms with van der Waals surface area (Å²) in [6, 6.07) is 0. The highest BCUT2D eigenvalue weighted by atomic mass is 27.0. The molecule has 0 aromatic heterocycles. The van der Waals surface area contributed by atoms with Crippen molar-refractivity contribution < 1.29 is 9.90 Å². The zero-order valence-electron chi connectivity index (χ0n) is 15.5. The molecule has 0 aliphatic heterocycles. The highest BCUT2D eigenvalue weighted by Gasteiger charge is 2.06. The average molecular weight is 341 g/mol. The van der Waals surface area contributed by atoms with Crippen molar-refractivity contribution in [2.24, 2.45) is 17.8 Å². The van der Waals surface area contributed by atoms with E-state index >= 15 is 0 Å². The third kappa shape index (κ3) is 17.9. The molecule has 0 saturated carbocycles. The van der Waals surface area contributed by atoms with Crippen LogP contribution in [0.15, 0.2) is 11.6 Å². The lowest BCUT2D eigenvalue weighted by Crippen LogP contribution is -2.00. The molecule has 2 nitrogen and oxygen atoms in total. The van der Waals surface area contributed by atoms with Crippen LogP contribution in [-0.2, 0) is 4.79 Å². The lowest BCUT2D eigenvalue weighted by molar-refractivity contribution is -0.131. The first kappa shape index (κ1) is 25.0. The van der Waals surface area contributed by atoms with E-state index in [0.717, 1.165) is 36.2 Å². The Hall–Kier alpha value is -0.258. The molecular formula is C20H41AlO2. The van der Waals surface area contributed by atoms with Crippen molar-refractivity contribution in [1.29, 1.82) is 0 Å². The standard InChI is InChI=1S/C20H38O2.Al.3H/c1-16(2)9-6-10-17(3)11-7-12-18(4)13-8-14-19(5)15-20(21)22;;;;/h15-18H,6-14H2,1-5H3,(H,21,22);;;;/b19-15+;;;;/t17-,18-;;;;/m1..../s1. The Morgan fingerprint density at radius 3 is 1.74 bits per heavy atom. The van der Waals surface area contributed by atoms with E-state index in [1.165, 1.54) is 51.0 Å². The van der Waals surface area contributed by atoms with Gasteiger partial charge >= 0.3 is 5.97 Å². The summed E-state index contributed by atoms with van der Waals surface area (Å²) in [6.07, 6.45) is 12.7. The minimum absolute atomic E-state index is 0. The highest BCUT2D eigenvalue weighted by Crippen LogP contribution is 2.21. The zero-order chi connectivity index (χ0) is 17.0. The Labute approximate surface area is 155 Å². The van der Waals surface area contributed by atoms with Crippen molar-refractivity contribution in [3.8, 4) is 0 Å². The Bertz CT molecular complexity index is 324. The molecular weight excluding hydrogens is 299 g/mol. The van der Waals surface area contributed by atoms with Crippen molar-refractivity contribution in [3.63, 3.8) is 0 Å². The van der Waals surface area contributed by atoms with Crippen LogP contribution < -0.4 is 0 Å². The van der Waals surface area contributed by atoms with Gasteiger partial charge in [-0.2, -0.15) is 0 Å². The maximum atomic E-state index is 10.5. The van der Waals surface area contributed by atoms with Crippen LogP contribution in [0.3, 0.4) is 0 Å². The first-order chi connectivity index (χ1) is 10.3. The molecule has 136 valence electrons. The average Bonchev–Trinajstić information content (AvgIpc) is 2.37. The zero-order valence-corrected chi connectivity index (χ0v) is 15.5. The fourth-order valence-corrected chi connectivity index (χ4v) is 2.99. The van der Waals surface area contributed by atoms with Gasteiger partial charge in [-0.25, -0.2) is 4.79 Å². The Morgan fingerprint density at radius 1 is 0.870 bits per heavy atom. The third-order valence-corrected chi connectivity index (χ3v) is 4.51. The van der Waals surface area contributed by atoms with E-state index < -0.39 is 5.97 Å². The Kier molecular flexibility index (Phi) is 16.6. The van der Waals surface area contributed by atoms with E-state index in [9.17, 15) is 4.79 Å². The summed E-state index contributed by atoms with van der Waals surface area (Å²) < 4.78 is 0. The molecule has 0 aromatic rings. The molecule has 0 spiro atoms. The van der Waals surface area contributed by atoms with Crippen molar-refractivity contribution >= 4 is 23.3 Å². The van der Waals surface area contributed by atoms with Gasteiger partial charge in [-0.3, -0.25) is 0 Å². The lowest BCUT2D eigenvalue weighted by Gasteiger charge is -2.15. The van der Waals surface area contributed by atoms with Gasteiger partial charge < -0.3 is 5.11 Å². The van der Waals surface area contributed by atoms with Crippen LogP contribution in [0.25, 0.3) is 0 Å². The second kappa shape index (κ2) is 15.3. The molecule has 0 bridgehead atoms. The number of aliphatic carboxylic acids is 1. The fraction of sp³-hybridized carbons (Fsp3) is 0.850. The summed E-state index contributed by atoms with van der Waals surface area (Å²) in [5.41, 5.74) is 0.985. The molecule has 0 unspecified atom stereocenters. The SMILES string of the molecule is C/C(=C\C(=O)O)CCC[C@H](C)CCC[C@H](C)CCCC(C)C.[AlH3]. The molecule has 0 radical (unpaired) electrons. The van der Waals surface area contributed by atoms with E-state index in [1.54, 1.807) is 0 Å². The van der Waals surface area contributed by atoms with Gasteiger partial charge in [0.15, 0.2) is 17.4 Å². The number of carboxylic acids is 1. The first-order valence-corrected chi connectivity index (χ1v) is 9.21. The summed E-state index contributed by atoms with van der Waals surface area (Å²) in [6.45, 7) is 11.3. The smallest absolute Gasteiger partial charge is 0.328 e. The topological polar surface area (TPSA) is 37.3 Å². The summed E-state index contributed by atoms with van der Waals surface area (Å²) >= 11 is 0. The summed E-state index contributed by atoms with van der Waals surface area (Å²) in [5, 5.41) is 8.68. The van der Waals surface area contributed by atoms with Crippen molar-refractivity contribution in [2.75, 3.05) is 0 Å². The predicted octanol–water partition coefficient (Wildman–Crippen LogP) is 5.27. The van der Waals surface area contributed by atoms with Crippen molar-refractivity contribution in [1.82, 2.24) is 0 Å². The molecule has 1 N–H and O–H groups in total. The molecule has 2 atom stereocenters. The molecule has 0 saturated heterocycles. The van der Waals surface area contributed by atoms with E-state index in [1.807, 2.05) is 6.92 Å². The third-order valence-electron chi connectivity index (χ3n) is 4.51. The van der Waals surface area contributed by atoms with Crippen LogP contribution in [-0.4, -0.2) is 28.4 Å². The monoisotopic (exact) mass is 340 g/mol. The normalized spacial score (nSPS) is 14.4. The van der Waals surface area contributed by atoms with Crippen LogP contribution in [0.5, 0.6) is 0 Å². The Morgan fingerprint density at radius 2 is 1.30 bits per heavy atom. The fourth-order valence-electron chi connectivity index (χ4n) is 2.99. The van der Waals surface area contributed by atoms with Gasteiger partial charge in [0.25, 0.3) is 0 Å².